The van der Waals surface area contributed by atoms with Crippen molar-refractivity contribution in [3.05, 3.63) is 95.6 Å². The third kappa shape index (κ3) is 3.06. The van der Waals surface area contributed by atoms with Crippen LogP contribution in [0.25, 0.3) is 43.8 Å². The van der Waals surface area contributed by atoms with Gasteiger partial charge in [-0.2, -0.15) is 0 Å². The summed E-state index contributed by atoms with van der Waals surface area (Å²) in [5.41, 5.74) is 8.59. The molecule has 0 radical (unpaired) electrons. The molecule has 0 spiro atoms. The van der Waals surface area contributed by atoms with Gasteiger partial charge in [-0.25, -0.2) is 0 Å². The fraction of sp³-hybridized carbons (Fsp3) is 0.161. The van der Waals surface area contributed by atoms with E-state index in [1.165, 1.54) is 49.4 Å². The average molecular weight is 463 g/mol. The van der Waals surface area contributed by atoms with E-state index in [0.29, 0.717) is 0 Å². The summed E-state index contributed by atoms with van der Waals surface area (Å²) in [7, 11) is -2.61. The van der Waals surface area contributed by atoms with Gasteiger partial charge in [-0.15, -0.1) is 0 Å². The van der Waals surface area contributed by atoms with Crippen molar-refractivity contribution in [3.8, 4) is 28.0 Å². The van der Waals surface area contributed by atoms with Crippen molar-refractivity contribution in [2.75, 3.05) is 13.0 Å². The van der Waals surface area contributed by atoms with Crippen LogP contribution < -0.4 is 10.0 Å². The first-order valence-electron chi connectivity index (χ1n) is 11.7. The molecule has 0 aliphatic carbocycles. The molecule has 0 bridgehead atoms. The molecule has 2 nitrogen and oxygen atoms in total. The first-order chi connectivity index (χ1) is 16.4. The first-order valence-corrected chi connectivity index (χ1v) is 14.1. The van der Waals surface area contributed by atoms with Crippen molar-refractivity contribution in [1.82, 2.24) is 0 Å². The van der Waals surface area contributed by atoms with Gasteiger partial charge in [-0.1, -0.05) is 78.4 Å². The van der Waals surface area contributed by atoms with Crippen molar-refractivity contribution < 1.29 is 9.30 Å². The van der Waals surface area contributed by atoms with Gasteiger partial charge in [0.1, 0.15) is 12.1 Å². The molecule has 0 N–H and O–H groups in total. The Kier molecular flexibility index (Phi) is 4.73. The van der Waals surface area contributed by atoms with Gasteiger partial charge in [0.25, 0.3) is 0 Å². The molecule has 0 fully saturated rings. The van der Waals surface area contributed by atoms with Crippen molar-refractivity contribution in [1.29, 1.82) is 0 Å². The molecule has 1 aliphatic heterocycles. The van der Waals surface area contributed by atoms with Gasteiger partial charge in [-0.3, -0.25) is 0 Å². The van der Waals surface area contributed by atoms with Gasteiger partial charge in [0, 0.05) is 0 Å². The summed E-state index contributed by atoms with van der Waals surface area (Å²) in [6.45, 7) is 8.42. The molecule has 0 unspecified atom stereocenters. The number of ether oxygens (including phenoxy) is 1. The number of benzene rings is 5. The predicted molar refractivity (Wildman–Crippen MR) is 145 cm³/mol. The zero-order valence-electron chi connectivity index (χ0n) is 20.0. The lowest BCUT2D eigenvalue weighted by molar-refractivity contribution is 0.394. The highest BCUT2D eigenvalue weighted by Gasteiger charge is 2.34. The predicted octanol–water partition coefficient (Wildman–Crippen LogP) is 8.22. The SMILES string of the molecule is Cc1cc(C)c(-c2c3ccccc3c(-c3cccc4c3[P@](C)(=O)CO4)c3ccccc23)c(C)c1. The quantitative estimate of drug-likeness (QED) is 0.195. The Labute approximate surface area is 200 Å². The smallest absolute Gasteiger partial charge is 0.152 e. The van der Waals surface area contributed by atoms with Crippen LogP contribution >= 0.6 is 7.14 Å². The topological polar surface area (TPSA) is 26.3 Å². The minimum atomic E-state index is -2.61. The van der Waals surface area contributed by atoms with E-state index in [4.69, 9.17) is 4.74 Å². The van der Waals surface area contributed by atoms with Crippen molar-refractivity contribution in [3.63, 3.8) is 0 Å². The first kappa shape index (κ1) is 21.2. The van der Waals surface area contributed by atoms with E-state index in [2.05, 4.69) is 87.5 Å². The van der Waals surface area contributed by atoms with Gasteiger partial charge in [0.05, 0.1) is 5.30 Å². The number of hydrogen-bond donors (Lipinski definition) is 0. The zero-order chi connectivity index (χ0) is 23.6. The van der Waals surface area contributed by atoms with Crippen molar-refractivity contribution in [2.24, 2.45) is 0 Å². The highest BCUT2D eigenvalue weighted by Crippen LogP contribution is 2.53. The lowest BCUT2D eigenvalue weighted by atomic mass is 9.83. The summed E-state index contributed by atoms with van der Waals surface area (Å²) >= 11 is 0. The summed E-state index contributed by atoms with van der Waals surface area (Å²) in [6, 6.07) is 27.9. The minimum Gasteiger partial charge on any atom is -0.485 e. The molecule has 1 atom stereocenters. The van der Waals surface area contributed by atoms with Crippen molar-refractivity contribution >= 4 is 34.0 Å². The summed E-state index contributed by atoms with van der Waals surface area (Å²) in [5, 5.41) is 5.66. The Morgan fingerprint density at radius 1 is 0.676 bits per heavy atom. The van der Waals surface area contributed by atoms with Gasteiger partial charge in [-0.05, 0) is 88.4 Å². The van der Waals surface area contributed by atoms with Crippen LogP contribution in [0.4, 0.5) is 0 Å². The number of hydrogen-bond acceptors (Lipinski definition) is 2. The molecule has 5 aromatic carbocycles. The van der Waals surface area contributed by atoms with E-state index >= 15 is 0 Å². The molecule has 34 heavy (non-hydrogen) atoms. The fourth-order valence-electron chi connectivity index (χ4n) is 5.85. The molecule has 0 saturated carbocycles. The second-order valence-corrected chi connectivity index (χ2v) is 12.5. The fourth-order valence-corrected chi connectivity index (χ4v) is 7.66. The molecule has 0 aromatic heterocycles. The third-order valence-electron chi connectivity index (χ3n) is 7.07. The molecule has 6 rings (SSSR count). The Balaban J connectivity index is 1.83. The van der Waals surface area contributed by atoms with Crippen LogP contribution in [0, 0.1) is 20.8 Å². The molecule has 0 saturated heterocycles. The summed E-state index contributed by atoms with van der Waals surface area (Å²) < 4.78 is 19.5. The summed E-state index contributed by atoms with van der Waals surface area (Å²) in [5.74, 6) is 0.755. The Morgan fingerprint density at radius 3 is 1.76 bits per heavy atom. The van der Waals surface area contributed by atoms with E-state index in [1.807, 2.05) is 18.8 Å². The normalized spacial score (nSPS) is 17.2. The largest absolute Gasteiger partial charge is 0.485 e. The number of aryl methyl sites for hydroxylation is 3. The van der Waals surface area contributed by atoms with Crippen LogP contribution in [0.15, 0.2) is 78.9 Å². The second kappa shape index (κ2) is 7.58. The molecule has 1 aliphatic rings. The van der Waals surface area contributed by atoms with Gasteiger partial charge < -0.3 is 9.30 Å². The Bertz CT molecular complexity index is 1600. The van der Waals surface area contributed by atoms with E-state index in [-0.39, 0.29) is 6.35 Å². The Morgan fingerprint density at radius 2 is 1.21 bits per heavy atom. The van der Waals surface area contributed by atoms with Crippen LogP contribution in [-0.2, 0) is 4.57 Å². The Hall–Kier alpha value is -3.35. The van der Waals surface area contributed by atoms with Crippen LogP contribution in [0.3, 0.4) is 0 Å². The van der Waals surface area contributed by atoms with Crippen LogP contribution in [0.2, 0.25) is 0 Å². The number of rotatable bonds is 2. The highest BCUT2D eigenvalue weighted by molar-refractivity contribution is 7.71. The molecule has 1 heterocycles. The highest BCUT2D eigenvalue weighted by atomic mass is 31.2. The van der Waals surface area contributed by atoms with Crippen LogP contribution in [-0.4, -0.2) is 13.0 Å². The van der Waals surface area contributed by atoms with Gasteiger partial charge in [0.2, 0.25) is 0 Å². The monoisotopic (exact) mass is 462 g/mol. The second-order valence-electron chi connectivity index (χ2n) is 9.64. The third-order valence-corrected chi connectivity index (χ3v) is 9.10. The zero-order valence-corrected chi connectivity index (χ0v) is 20.9. The summed E-state index contributed by atoms with van der Waals surface area (Å²) in [6.07, 6.45) is 0.273. The minimum absolute atomic E-state index is 0.273. The molecule has 168 valence electrons. The molecule has 0 amide bonds. The van der Waals surface area contributed by atoms with E-state index in [9.17, 15) is 4.57 Å². The lowest BCUT2D eigenvalue weighted by Crippen LogP contribution is -2.05. The molecular weight excluding hydrogens is 435 g/mol. The maximum absolute atomic E-state index is 13.6. The molecule has 3 heteroatoms. The molecular formula is C31H27O2P. The average Bonchev–Trinajstić information content (AvgIpc) is 3.13. The maximum Gasteiger partial charge on any atom is 0.152 e. The lowest BCUT2D eigenvalue weighted by Gasteiger charge is -2.21. The van der Waals surface area contributed by atoms with E-state index < -0.39 is 7.14 Å². The van der Waals surface area contributed by atoms with Gasteiger partial charge >= 0.3 is 0 Å². The van der Waals surface area contributed by atoms with Crippen molar-refractivity contribution in [2.45, 2.75) is 20.8 Å². The van der Waals surface area contributed by atoms with Gasteiger partial charge in [0.15, 0.2) is 7.14 Å². The standard InChI is InChI=1S/C31H27O2P/c1-19-16-20(2)28(21(3)17-19)30-24-12-7-5-10-22(24)29(23-11-6-8-13-25(23)30)26-14-9-15-27-31(26)34(4,32)18-33-27/h5-17H,18H2,1-4H3/t34-/m1/s1. The summed E-state index contributed by atoms with van der Waals surface area (Å²) in [4.78, 5) is 0. The maximum atomic E-state index is 13.6. The van der Waals surface area contributed by atoms with E-state index in [1.54, 1.807) is 0 Å². The molecule has 5 aromatic rings. The van der Waals surface area contributed by atoms with Crippen LogP contribution in [0.1, 0.15) is 16.7 Å². The van der Waals surface area contributed by atoms with E-state index in [0.717, 1.165) is 22.2 Å². The van der Waals surface area contributed by atoms with Crippen LogP contribution in [0.5, 0.6) is 5.75 Å². The number of fused-ring (bicyclic) bond motifs is 3.